The van der Waals surface area contributed by atoms with Crippen LogP contribution in [0.2, 0.25) is 0 Å². The summed E-state index contributed by atoms with van der Waals surface area (Å²) in [6.07, 6.45) is 3.10. The van der Waals surface area contributed by atoms with Crippen LogP contribution in [0.3, 0.4) is 0 Å². The Morgan fingerprint density at radius 2 is 2.03 bits per heavy atom. The minimum Gasteiger partial charge on any atom is -0.456 e. The Hall–Kier alpha value is -2.61. The molecule has 2 rings (SSSR count). The van der Waals surface area contributed by atoms with Gasteiger partial charge in [-0.25, -0.2) is 9.78 Å². The first-order chi connectivity index (χ1) is 17.8. The van der Waals surface area contributed by atoms with Gasteiger partial charge in [0.25, 0.3) is 5.91 Å². The van der Waals surface area contributed by atoms with Crippen molar-refractivity contribution in [3.63, 3.8) is 0 Å². The number of likely N-dealkylation sites (N-methyl/N-ethyl adjacent to an activating group) is 1. The van der Waals surface area contributed by atoms with Gasteiger partial charge < -0.3 is 30.7 Å². The number of esters is 1. The lowest BCUT2D eigenvalue weighted by molar-refractivity contribution is -0.153. The van der Waals surface area contributed by atoms with Crippen molar-refractivity contribution in [3.05, 3.63) is 28.2 Å². The molecular formula is C25H39N5O6S2. The first-order valence-corrected chi connectivity index (χ1v) is 14.3. The van der Waals surface area contributed by atoms with Crippen LogP contribution >= 0.6 is 22.7 Å². The van der Waals surface area contributed by atoms with Crippen LogP contribution in [0.25, 0.3) is 0 Å². The second kappa shape index (κ2) is 14.5. The van der Waals surface area contributed by atoms with E-state index in [1.807, 2.05) is 25.1 Å². The lowest BCUT2D eigenvalue weighted by atomic mass is 9.99. The van der Waals surface area contributed by atoms with Gasteiger partial charge in [0.1, 0.15) is 28.4 Å². The number of carbonyl (C=O) groups is 4. The van der Waals surface area contributed by atoms with E-state index in [0.717, 1.165) is 11.4 Å². The quantitative estimate of drug-likeness (QED) is 0.109. The summed E-state index contributed by atoms with van der Waals surface area (Å²) in [6.45, 7) is 7.20. The molecule has 4 N–H and O–H groups in total. The minimum absolute atomic E-state index is 0.111. The third-order valence-corrected chi connectivity index (χ3v) is 7.31. The molecule has 2 heterocycles. The predicted molar refractivity (Wildman–Crippen MR) is 151 cm³/mol. The second-order valence-corrected chi connectivity index (χ2v) is 12.3. The largest absolute Gasteiger partial charge is 0.456 e. The zero-order valence-corrected chi connectivity index (χ0v) is 24.4. The summed E-state index contributed by atoms with van der Waals surface area (Å²) in [5.41, 5.74) is -1.19. The molecule has 0 radical (unpaired) electrons. The molecule has 0 saturated heterocycles. The number of aliphatic hydroxyl groups excluding tert-OH is 1. The van der Waals surface area contributed by atoms with Crippen LogP contribution in [0.1, 0.15) is 56.0 Å². The van der Waals surface area contributed by atoms with Crippen LogP contribution < -0.4 is 16.0 Å². The molecule has 1 aromatic heterocycles. The second-order valence-electron chi connectivity index (χ2n) is 10.1. The van der Waals surface area contributed by atoms with Crippen molar-refractivity contribution < 1.29 is 29.0 Å². The van der Waals surface area contributed by atoms with Gasteiger partial charge in [0.05, 0.1) is 18.0 Å². The Kier molecular flexibility index (Phi) is 12.1. The molecule has 0 saturated carbocycles. The third kappa shape index (κ3) is 10.3. The van der Waals surface area contributed by atoms with Crippen molar-refractivity contribution >= 4 is 51.4 Å². The normalized spacial score (nSPS) is 22.1. The van der Waals surface area contributed by atoms with E-state index in [9.17, 15) is 24.3 Å². The first-order valence-electron chi connectivity index (χ1n) is 12.4. The van der Waals surface area contributed by atoms with Crippen molar-refractivity contribution in [3.8, 4) is 0 Å². The predicted octanol–water partition coefficient (Wildman–Crippen LogP) is 1.39. The molecule has 1 aliphatic heterocycles. The van der Waals surface area contributed by atoms with E-state index in [-0.39, 0.29) is 30.5 Å². The summed E-state index contributed by atoms with van der Waals surface area (Å²) in [5, 5.41) is 20.5. The van der Waals surface area contributed by atoms with Crippen molar-refractivity contribution in [1.29, 1.82) is 0 Å². The molecule has 1 aliphatic rings. The van der Waals surface area contributed by atoms with E-state index in [4.69, 9.17) is 4.74 Å². The van der Waals surface area contributed by atoms with Crippen molar-refractivity contribution in [2.75, 3.05) is 26.4 Å². The standard InChI is InChI=1S/C25H39N5O6S2/c1-15(2)21-23(34)36-16(9-7-8-10-37-20(32)13-30(5)6)11-18(31)26-12-19-27-17(14-38-19)22(33)29-25(3,4)24(35)28-21/h7,9,14-16,21,32,37H,8,10-13H2,1-6H3,(H,26,31)(H,28,35)(H,29,33)/b9-7+/t16-,21+/m1/s1. The molecule has 11 nitrogen and oxygen atoms in total. The lowest BCUT2D eigenvalue weighted by Crippen LogP contribution is -2.59. The monoisotopic (exact) mass is 569 g/mol. The highest BCUT2D eigenvalue weighted by Crippen LogP contribution is 2.15. The highest BCUT2D eigenvalue weighted by molar-refractivity contribution is 7.98. The number of nitrogens with zero attached hydrogens (tertiary/aromatic N) is 2. The van der Waals surface area contributed by atoms with Crippen LogP contribution in [0.15, 0.2) is 17.5 Å². The highest BCUT2D eigenvalue weighted by Gasteiger charge is 2.36. The van der Waals surface area contributed by atoms with Crippen molar-refractivity contribution in [2.45, 2.75) is 64.8 Å². The zero-order chi connectivity index (χ0) is 28.5. The number of fused-ring (bicyclic) bond motifs is 2. The van der Waals surface area contributed by atoms with Gasteiger partial charge in [-0.1, -0.05) is 19.9 Å². The van der Waals surface area contributed by atoms with E-state index in [1.165, 1.54) is 25.2 Å². The number of aromatic nitrogens is 1. The van der Waals surface area contributed by atoms with E-state index < -0.39 is 35.5 Å². The maximum Gasteiger partial charge on any atom is 0.329 e. The van der Waals surface area contributed by atoms with E-state index >= 15 is 0 Å². The fourth-order valence-corrected chi connectivity index (χ4v) is 5.00. The minimum atomic E-state index is -1.33. The number of aliphatic hydroxyl groups is 1. The number of hydrogen-bond acceptors (Lipinski definition) is 8. The molecule has 0 spiro atoms. The van der Waals surface area contributed by atoms with Crippen molar-refractivity contribution in [1.82, 2.24) is 25.8 Å². The molecule has 38 heavy (non-hydrogen) atoms. The number of allylic oxidation sites excluding steroid dienone is 1. The van der Waals surface area contributed by atoms with E-state index in [0.29, 0.717) is 28.8 Å². The summed E-state index contributed by atoms with van der Waals surface area (Å²) in [7, 11) is 3.75. The Labute approximate surface area is 231 Å². The molecule has 2 bridgehead atoms. The van der Waals surface area contributed by atoms with Gasteiger partial charge in [-0.15, -0.1) is 11.3 Å². The van der Waals surface area contributed by atoms with Crippen LogP contribution in [0.5, 0.6) is 0 Å². The number of thiol groups is 1. The topological polar surface area (TPSA) is 150 Å². The summed E-state index contributed by atoms with van der Waals surface area (Å²) in [4.78, 5) is 57.6. The Balaban J connectivity index is 2.25. The fourth-order valence-electron chi connectivity index (χ4n) is 3.37. The van der Waals surface area contributed by atoms with Gasteiger partial charge in [0.15, 0.2) is 0 Å². The molecule has 0 unspecified atom stereocenters. The summed E-state index contributed by atoms with van der Waals surface area (Å²) in [5.74, 6) is -1.77. The van der Waals surface area contributed by atoms with Crippen LogP contribution in [-0.4, -0.2) is 87.8 Å². The summed E-state index contributed by atoms with van der Waals surface area (Å²) in [6, 6.07) is -0.993. The van der Waals surface area contributed by atoms with E-state index in [1.54, 1.807) is 25.3 Å². The number of amides is 3. The molecule has 0 aliphatic carbocycles. The first kappa shape index (κ1) is 31.6. The van der Waals surface area contributed by atoms with Gasteiger partial charge in [-0.3, -0.25) is 14.4 Å². The molecule has 13 heteroatoms. The molecule has 2 atom stereocenters. The number of nitrogens with one attached hydrogen (secondary N) is 3. The van der Waals surface area contributed by atoms with Gasteiger partial charge in [0, 0.05) is 11.9 Å². The number of hydrogen-bond donors (Lipinski definition) is 5. The summed E-state index contributed by atoms with van der Waals surface area (Å²) >= 11 is 2.01. The highest BCUT2D eigenvalue weighted by atomic mass is 32.1. The molecule has 1 aromatic rings. The fraction of sp³-hybridized carbons (Fsp3) is 0.600. The van der Waals surface area contributed by atoms with Crippen molar-refractivity contribution in [2.24, 2.45) is 5.92 Å². The smallest absolute Gasteiger partial charge is 0.329 e. The van der Waals surface area contributed by atoms with E-state index in [2.05, 4.69) is 20.9 Å². The summed E-state index contributed by atoms with van der Waals surface area (Å²) < 4.78 is 5.68. The van der Waals surface area contributed by atoms with Gasteiger partial charge in [0.2, 0.25) is 11.8 Å². The number of thiazole rings is 1. The van der Waals surface area contributed by atoms with Gasteiger partial charge in [-0.05, 0) is 52.1 Å². The number of ether oxygens (including phenoxy) is 1. The third-order valence-electron chi connectivity index (χ3n) is 5.47. The molecular weight excluding hydrogens is 530 g/mol. The Morgan fingerprint density at radius 3 is 2.68 bits per heavy atom. The van der Waals surface area contributed by atoms with Crippen LogP contribution in [0.4, 0.5) is 0 Å². The van der Waals surface area contributed by atoms with Crippen LogP contribution in [-0.2, 0) is 25.7 Å². The Bertz CT molecular complexity index is 1070. The molecule has 3 amide bonds. The Morgan fingerprint density at radius 1 is 1.32 bits per heavy atom. The lowest BCUT2D eigenvalue weighted by Gasteiger charge is -2.29. The molecule has 0 fully saturated rings. The maximum absolute atomic E-state index is 13.1. The average molecular weight is 570 g/mol. The maximum atomic E-state index is 13.1. The van der Waals surface area contributed by atoms with Gasteiger partial charge in [-0.2, -0.15) is 11.4 Å². The number of cyclic esters (lactones) is 1. The average Bonchev–Trinajstić information content (AvgIpc) is 3.28. The van der Waals surface area contributed by atoms with Gasteiger partial charge >= 0.3 is 5.97 Å². The SMILES string of the molecule is CC(C)[C@@H]1NC(=O)C(C)(C)NC(=O)c2csc(n2)CNC(=O)C[C@@H](/C=C/CC/[SH]=C(/O)CN(C)C)OC1=O. The van der Waals surface area contributed by atoms with Crippen LogP contribution in [0, 0.1) is 5.92 Å². The molecule has 0 aromatic carbocycles. The number of rotatable bonds is 7. The molecule has 212 valence electrons. The number of carbonyl (C=O) groups excluding carboxylic acids is 4. The zero-order valence-electron chi connectivity index (χ0n) is 22.7.